The van der Waals surface area contributed by atoms with Gasteiger partial charge in [-0.1, -0.05) is 42.5 Å². The van der Waals surface area contributed by atoms with Crippen molar-refractivity contribution < 1.29 is 24.5 Å². The molecule has 9 rings (SSSR count). The normalized spacial score (nSPS) is 11.5. The fraction of sp³-hybridized carbons (Fsp3) is 0.196. The van der Waals surface area contributed by atoms with E-state index in [4.69, 9.17) is 14.4 Å². The van der Waals surface area contributed by atoms with Gasteiger partial charge in [0.25, 0.3) is 0 Å². The van der Waals surface area contributed by atoms with Gasteiger partial charge in [0.2, 0.25) is 0 Å². The standard InChI is InChI=1S/C27H21N2.C24H27GeN2O.Ir/c1-19-17-23(18-24(20(19)2)21-11-5-3-6-12-21)29-26-16-10-9-15-25(26)28-27(29)22-13-7-4-8-14-22;1-15(2)12-17-13-22(26-14-21(17)25(4,5)6)20-9-7-8-18-19-11-10-16(3)27-24(19)28-23(18)20;/h3-13,15-18H,1-2H3;7-8,10-11,13-15H,12H2,1-6H3;/q2*-1;. The van der Waals surface area contributed by atoms with Gasteiger partial charge in [0.15, 0.2) is 0 Å². The Balaban J connectivity index is 0.000000174. The molecule has 5 aromatic carbocycles. The Labute approximate surface area is 358 Å². The third kappa shape index (κ3) is 8.24. The first-order chi connectivity index (χ1) is 27.5. The van der Waals surface area contributed by atoms with E-state index in [-0.39, 0.29) is 20.1 Å². The van der Waals surface area contributed by atoms with E-state index in [1.807, 2.05) is 43.3 Å². The summed E-state index contributed by atoms with van der Waals surface area (Å²) >= 11 is -1.99. The summed E-state index contributed by atoms with van der Waals surface area (Å²) in [7, 11) is 0. The predicted octanol–water partition coefficient (Wildman–Crippen LogP) is 12.7. The number of furan rings is 1. The molecule has 4 heterocycles. The number of aromatic nitrogens is 4. The third-order valence-electron chi connectivity index (χ3n) is 10.6. The van der Waals surface area contributed by atoms with E-state index in [2.05, 4.69) is 158 Å². The maximum absolute atomic E-state index is 6.17. The summed E-state index contributed by atoms with van der Waals surface area (Å²) in [5.41, 5.74) is 15.0. The van der Waals surface area contributed by atoms with E-state index in [0.717, 1.165) is 67.8 Å². The molecule has 0 amide bonds. The van der Waals surface area contributed by atoms with Crippen LogP contribution in [0.2, 0.25) is 17.3 Å². The molecule has 7 heteroatoms. The minimum atomic E-state index is -1.99. The monoisotopic (exact) mass is 999 g/mol. The van der Waals surface area contributed by atoms with Crippen LogP contribution in [0.15, 0.2) is 132 Å². The molecule has 0 atom stereocenters. The number of hydrogen-bond donors (Lipinski definition) is 0. The second-order valence-corrected chi connectivity index (χ2v) is 27.0. The number of nitrogens with zero attached hydrogens (tertiary/aromatic N) is 4. The van der Waals surface area contributed by atoms with Crippen LogP contribution in [0.4, 0.5) is 0 Å². The van der Waals surface area contributed by atoms with Crippen molar-refractivity contribution in [2.24, 2.45) is 5.92 Å². The van der Waals surface area contributed by atoms with Gasteiger partial charge in [-0.25, -0.2) is 0 Å². The molecule has 0 fully saturated rings. The molecule has 9 aromatic rings. The van der Waals surface area contributed by atoms with Gasteiger partial charge in [-0.05, 0) is 60.4 Å². The van der Waals surface area contributed by atoms with Crippen LogP contribution in [0, 0.1) is 38.8 Å². The largest absolute Gasteiger partial charge is 0 e. The van der Waals surface area contributed by atoms with E-state index in [1.165, 1.54) is 32.2 Å². The Morgan fingerprint density at radius 1 is 0.759 bits per heavy atom. The molecule has 5 nitrogen and oxygen atoms in total. The molecule has 0 aliphatic rings. The van der Waals surface area contributed by atoms with E-state index in [0.29, 0.717) is 11.6 Å². The summed E-state index contributed by atoms with van der Waals surface area (Å²) < 4.78 is 9.91. The van der Waals surface area contributed by atoms with E-state index in [9.17, 15) is 0 Å². The Kier molecular flexibility index (Phi) is 12.0. The van der Waals surface area contributed by atoms with Gasteiger partial charge in [-0.2, -0.15) is 0 Å². The molecule has 293 valence electrons. The van der Waals surface area contributed by atoms with Crippen molar-refractivity contribution in [1.82, 2.24) is 19.5 Å². The van der Waals surface area contributed by atoms with E-state index >= 15 is 0 Å². The van der Waals surface area contributed by atoms with E-state index < -0.39 is 13.3 Å². The molecular weight excluding hydrogens is 949 g/mol. The van der Waals surface area contributed by atoms with Gasteiger partial charge >= 0.3 is 170 Å². The number of fused-ring (bicyclic) bond motifs is 4. The zero-order valence-corrected chi connectivity index (χ0v) is 38.9. The zero-order valence-electron chi connectivity index (χ0n) is 34.4. The molecule has 0 N–H and O–H groups in total. The maximum Gasteiger partial charge on any atom is 0 e. The Morgan fingerprint density at radius 2 is 1.52 bits per heavy atom. The van der Waals surface area contributed by atoms with Crippen molar-refractivity contribution in [2.45, 2.75) is 58.3 Å². The molecule has 0 aliphatic carbocycles. The Morgan fingerprint density at radius 3 is 2.26 bits per heavy atom. The van der Waals surface area contributed by atoms with Crippen molar-refractivity contribution in [3.05, 3.63) is 162 Å². The number of hydrogen-bond acceptors (Lipinski definition) is 4. The quantitative estimate of drug-likeness (QED) is 0.118. The first-order valence-electron chi connectivity index (χ1n) is 19.8. The van der Waals surface area contributed by atoms with Crippen molar-refractivity contribution in [1.29, 1.82) is 0 Å². The second-order valence-electron chi connectivity index (χ2n) is 16.4. The van der Waals surface area contributed by atoms with Gasteiger partial charge in [-0.15, -0.1) is 35.9 Å². The topological polar surface area (TPSA) is 56.7 Å². The summed E-state index contributed by atoms with van der Waals surface area (Å²) in [6.07, 6.45) is 3.19. The number of aryl methyl sites for hydroxylation is 2. The molecular formula is C51H48GeIrN4O-2. The van der Waals surface area contributed by atoms with Crippen LogP contribution >= 0.6 is 0 Å². The van der Waals surface area contributed by atoms with Crippen molar-refractivity contribution in [3.8, 4) is 39.5 Å². The van der Waals surface area contributed by atoms with Crippen LogP contribution in [0.1, 0.15) is 36.2 Å². The molecule has 0 unspecified atom stereocenters. The molecule has 0 spiro atoms. The average molecular weight is 998 g/mol. The zero-order chi connectivity index (χ0) is 39.8. The Hall–Kier alpha value is -5.14. The number of pyridine rings is 2. The van der Waals surface area contributed by atoms with Crippen LogP contribution in [-0.4, -0.2) is 32.8 Å². The first-order valence-corrected chi connectivity index (χ1v) is 27.1. The SMILES string of the molecule is Cc1cc(-n2c(-c3[c-]cccc3)nc3ccccc32)cc(-c2ccccc2)c1C.Cc1ccc2c(n1)oc1c(-c3cc(CC(C)C)[c]([Ge]([CH3])([CH3])[CH3])cn3)[c-]ccc12.[Ir]. The molecule has 58 heavy (non-hydrogen) atoms. The molecule has 0 saturated heterocycles. The summed E-state index contributed by atoms with van der Waals surface area (Å²) in [6.45, 7) is 10.9. The summed E-state index contributed by atoms with van der Waals surface area (Å²) in [5.74, 6) is 8.81. The molecule has 0 bridgehead atoms. The molecule has 1 radical (unpaired) electrons. The van der Waals surface area contributed by atoms with Crippen LogP contribution < -0.4 is 4.40 Å². The smallest absolute Gasteiger partial charge is 0 e. The first kappa shape index (κ1) is 41.0. The maximum atomic E-state index is 6.17. The summed E-state index contributed by atoms with van der Waals surface area (Å²) in [4.78, 5) is 14.4. The fourth-order valence-corrected chi connectivity index (χ4v) is 11.0. The van der Waals surface area contributed by atoms with Gasteiger partial charge in [0.1, 0.15) is 0 Å². The second kappa shape index (κ2) is 17.0. The number of rotatable bonds is 7. The minimum Gasteiger partial charge on any atom is 0 e. The van der Waals surface area contributed by atoms with Crippen LogP contribution in [0.5, 0.6) is 0 Å². The minimum absolute atomic E-state index is 0. The van der Waals surface area contributed by atoms with Crippen LogP contribution in [0.25, 0.3) is 72.6 Å². The summed E-state index contributed by atoms with van der Waals surface area (Å²) in [6, 6.07) is 48.5. The van der Waals surface area contributed by atoms with Crippen molar-refractivity contribution in [3.63, 3.8) is 0 Å². The third-order valence-corrected chi connectivity index (χ3v) is 15.0. The average Bonchev–Trinajstić information content (AvgIpc) is 3.78. The predicted molar refractivity (Wildman–Crippen MR) is 240 cm³/mol. The van der Waals surface area contributed by atoms with Gasteiger partial charge in [-0.3, -0.25) is 4.98 Å². The van der Waals surface area contributed by atoms with Crippen molar-refractivity contribution in [2.75, 3.05) is 0 Å². The molecule has 0 aliphatic heterocycles. The van der Waals surface area contributed by atoms with E-state index in [1.54, 1.807) is 0 Å². The number of benzene rings is 5. The summed E-state index contributed by atoms with van der Waals surface area (Å²) in [5, 5.41) is 2.11. The van der Waals surface area contributed by atoms with Gasteiger partial charge < -0.3 is 4.57 Å². The molecule has 0 saturated carbocycles. The molecule has 4 aromatic heterocycles. The number of imidazole rings is 1. The van der Waals surface area contributed by atoms with Crippen LogP contribution in [-0.2, 0) is 26.5 Å². The van der Waals surface area contributed by atoms with Gasteiger partial charge in [0.05, 0.1) is 16.9 Å². The number of para-hydroxylation sites is 2. The Bertz CT molecular complexity index is 2870. The fourth-order valence-electron chi connectivity index (χ4n) is 7.71. The van der Waals surface area contributed by atoms with Gasteiger partial charge in [0, 0.05) is 25.8 Å². The van der Waals surface area contributed by atoms with Crippen molar-refractivity contribution >= 4 is 50.8 Å². The van der Waals surface area contributed by atoms with Crippen LogP contribution in [0.3, 0.4) is 0 Å².